The Balaban J connectivity index is 2.62. The van der Waals surface area contributed by atoms with Crippen LogP contribution in [0.4, 0.5) is 13.2 Å². The second kappa shape index (κ2) is 6.49. The van der Waals surface area contributed by atoms with Crippen LogP contribution in [0.15, 0.2) is 36.1 Å². The molecule has 0 aliphatic heterocycles. The molecule has 96 valence electrons. The molecule has 1 aliphatic carbocycles. The molecule has 0 aromatic carbocycles. The molecule has 1 unspecified atom stereocenters. The van der Waals surface area contributed by atoms with Crippen molar-refractivity contribution in [3.05, 3.63) is 36.1 Å². The van der Waals surface area contributed by atoms with Crippen molar-refractivity contribution in [2.45, 2.75) is 19.0 Å². The molecule has 0 aromatic heterocycles. The van der Waals surface area contributed by atoms with E-state index in [0.29, 0.717) is 31.8 Å². The first-order valence-electron chi connectivity index (χ1n) is 5.48. The molecule has 1 atom stereocenters. The molecule has 0 amide bonds. The Labute approximate surface area is 98.6 Å². The molecule has 2 N–H and O–H groups in total. The molecular formula is C12H16F3NO. The van der Waals surface area contributed by atoms with Crippen molar-refractivity contribution in [2.24, 2.45) is 11.7 Å². The van der Waals surface area contributed by atoms with Gasteiger partial charge in [0.1, 0.15) is 5.76 Å². The third-order valence-corrected chi connectivity index (χ3v) is 2.26. The molecule has 5 heteroatoms. The van der Waals surface area contributed by atoms with Gasteiger partial charge in [0.15, 0.2) is 0 Å². The molecule has 0 spiro atoms. The Morgan fingerprint density at radius 3 is 2.76 bits per heavy atom. The van der Waals surface area contributed by atoms with Gasteiger partial charge in [0.05, 0.1) is 12.5 Å². The van der Waals surface area contributed by atoms with Gasteiger partial charge in [0, 0.05) is 0 Å². The summed E-state index contributed by atoms with van der Waals surface area (Å²) in [6.45, 7) is 0.926. The smallest absolute Gasteiger partial charge is 0.398 e. The summed E-state index contributed by atoms with van der Waals surface area (Å²) in [7, 11) is 0. The molecule has 0 radical (unpaired) electrons. The molecule has 0 saturated carbocycles. The SMILES string of the molecule is NCCCOC1=CCC=CC(C(F)(F)F)C=C1. The minimum absolute atomic E-state index is 0.424. The van der Waals surface area contributed by atoms with Gasteiger partial charge < -0.3 is 10.5 Å². The minimum atomic E-state index is -4.24. The monoisotopic (exact) mass is 247 g/mol. The standard InChI is InChI=1S/C12H16F3NO/c13-12(14,15)10-4-1-2-5-11(7-6-10)17-9-3-8-16/h1,4-7,10H,2-3,8-9,16H2. The van der Waals surface area contributed by atoms with Crippen molar-refractivity contribution in [3.8, 4) is 0 Å². The molecule has 2 nitrogen and oxygen atoms in total. The lowest BCUT2D eigenvalue weighted by Gasteiger charge is -2.14. The van der Waals surface area contributed by atoms with Gasteiger partial charge in [0.2, 0.25) is 0 Å². The predicted octanol–water partition coefficient (Wildman–Crippen LogP) is 2.93. The lowest BCUT2D eigenvalue weighted by Crippen LogP contribution is -2.19. The van der Waals surface area contributed by atoms with Gasteiger partial charge in [-0.2, -0.15) is 13.2 Å². The van der Waals surface area contributed by atoms with Crippen molar-refractivity contribution in [1.29, 1.82) is 0 Å². The van der Waals surface area contributed by atoms with Crippen LogP contribution in [-0.2, 0) is 4.74 Å². The number of hydrogen-bond acceptors (Lipinski definition) is 2. The summed E-state index contributed by atoms with van der Waals surface area (Å²) in [6.07, 6.45) is 3.75. The third kappa shape index (κ3) is 5.08. The van der Waals surface area contributed by atoms with Crippen molar-refractivity contribution in [2.75, 3.05) is 13.2 Å². The summed E-state index contributed by atoms with van der Waals surface area (Å²) in [5.74, 6) is -1.07. The first-order valence-corrected chi connectivity index (χ1v) is 5.48. The normalized spacial score (nSPS) is 20.7. The Kier molecular flexibility index (Phi) is 5.28. The molecule has 17 heavy (non-hydrogen) atoms. The maximum Gasteiger partial charge on any atom is 0.398 e. The highest BCUT2D eigenvalue weighted by atomic mass is 19.4. The Hall–Kier alpha value is -1.23. The van der Waals surface area contributed by atoms with Crippen LogP contribution in [0, 0.1) is 5.92 Å². The number of rotatable bonds is 4. The Morgan fingerprint density at radius 2 is 2.12 bits per heavy atom. The fraction of sp³-hybridized carbons (Fsp3) is 0.500. The van der Waals surface area contributed by atoms with E-state index in [0.717, 1.165) is 12.2 Å². The van der Waals surface area contributed by atoms with E-state index in [2.05, 4.69) is 0 Å². The van der Waals surface area contributed by atoms with Crippen LogP contribution >= 0.6 is 0 Å². The van der Waals surface area contributed by atoms with E-state index in [-0.39, 0.29) is 0 Å². The van der Waals surface area contributed by atoms with E-state index in [9.17, 15) is 13.2 Å². The summed E-state index contributed by atoms with van der Waals surface area (Å²) >= 11 is 0. The molecule has 1 rings (SSSR count). The van der Waals surface area contributed by atoms with Gasteiger partial charge >= 0.3 is 6.18 Å². The Morgan fingerprint density at radius 1 is 1.35 bits per heavy atom. The van der Waals surface area contributed by atoms with Crippen molar-refractivity contribution in [3.63, 3.8) is 0 Å². The van der Waals surface area contributed by atoms with E-state index in [1.54, 1.807) is 6.08 Å². The van der Waals surface area contributed by atoms with Crippen LogP contribution in [-0.4, -0.2) is 19.3 Å². The zero-order valence-electron chi connectivity index (χ0n) is 9.41. The van der Waals surface area contributed by atoms with Crippen LogP contribution in [0.1, 0.15) is 12.8 Å². The molecule has 0 saturated heterocycles. The van der Waals surface area contributed by atoms with Crippen LogP contribution in [0.5, 0.6) is 0 Å². The fourth-order valence-corrected chi connectivity index (χ4v) is 1.34. The van der Waals surface area contributed by atoms with Crippen LogP contribution < -0.4 is 5.73 Å². The van der Waals surface area contributed by atoms with Crippen molar-refractivity contribution in [1.82, 2.24) is 0 Å². The lowest BCUT2D eigenvalue weighted by atomic mass is 10.1. The van der Waals surface area contributed by atoms with Crippen molar-refractivity contribution < 1.29 is 17.9 Å². The van der Waals surface area contributed by atoms with Gasteiger partial charge in [0.25, 0.3) is 0 Å². The highest BCUT2D eigenvalue weighted by Gasteiger charge is 2.35. The molecule has 0 aromatic rings. The summed E-state index contributed by atoms with van der Waals surface area (Å²) in [5.41, 5.74) is 5.30. The topological polar surface area (TPSA) is 35.2 Å². The number of alkyl halides is 3. The number of allylic oxidation sites excluding steroid dienone is 5. The predicted molar refractivity (Wildman–Crippen MR) is 60.1 cm³/mol. The summed E-state index contributed by atoms with van der Waals surface area (Å²) in [6, 6.07) is 0. The van der Waals surface area contributed by atoms with E-state index in [4.69, 9.17) is 10.5 Å². The van der Waals surface area contributed by atoms with Crippen molar-refractivity contribution >= 4 is 0 Å². The molecule has 0 bridgehead atoms. The number of ether oxygens (including phenoxy) is 1. The lowest BCUT2D eigenvalue weighted by molar-refractivity contribution is -0.148. The van der Waals surface area contributed by atoms with E-state index in [1.807, 2.05) is 0 Å². The molecule has 1 aliphatic rings. The number of halogens is 3. The molecule has 0 fully saturated rings. The second-order valence-corrected chi connectivity index (χ2v) is 3.69. The average molecular weight is 247 g/mol. The van der Waals surface area contributed by atoms with Gasteiger partial charge in [-0.3, -0.25) is 0 Å². The van der Waals surface area contributed by atoms with E-state index < -0.39 is 12.1 Å². The van der Waals surface area contributed by atoms with E-state index in [1.165, 1.54) is 12.2 Å². The first-order chi connectivity index (χ1) is 8.04. The van der Waals surface area contributed by atoms with Gasteiger partial charge in [-0.25, -0.2) is 0 Å². The number of nitrogens with two attached hydrogens (primary N) is 1. The summed E-state index contributed by atoms with van der Waals surface area (Å²) < 4.78 is 42.8. The maximum absolute atomic E-state index is 12.5. The first kappa shape index (κ1) is 13.8. The van der Waals surface area contributed by atoms with Crippen LogP contribution in [0.3, 0.4) is 0 Å². The highest BCUT2D eigenvalue weighted by Crippen LogP contribution is 2.29. The zero-order chi connectivity index (χ0) is 12.7. The Bertz CT molecular complexity index is 318. The van der Waals surface area contributed by atoms with Gasteiger partial charge in [-0.05, 0) is 31.5 Å². The minimum Gasteiger partial charge on any atom is -0.494 e. The van der Waals surface area contributed by atoms with Crippen LogP contribution in [0.2, 0.25) is 0 Å². The molecular weight excluding hydrogens is 231 g/mol. The molecule has 0 heterocycles. The fourth-order valence-electron chi connectivity index (χ4n) is 1.34. The third-order valence-electron chi connectivity index (χ3n) is 2.26. The van der Waals surface area contributed by atoms with E-state index >= 15 is 0 Å². The quantitative estimate of drug-likeness (QED) is 0.612. The second-order valence-electron chi connectivity index (χ2n) is 3.69. The summed E-state index contributed by atoms with van der Waals surface area (Å²) in [4.78, 5) is 0. The van der Waals surface area contributed by atoms with Crippen LogP contribution in [0.25, 0.3) is 0 Å². The average Bonchev–Trinajstić information content (AvgIpc) is 2.19. The number of hydrogen-bond donors (Lipinski definition) is 1. The maximum atomic E-state index is 12.5. The zero-order valence-corrected chi connectivity index (χ0v) is 9.41. The largest absolute Gasteiger partial charge is 0.494 e. The summed E-state index contributed by atoms with van der Waals surface area (Å²) in [5, 5.41) is 0. The highest BCUT2D eigenvalue weighted by molar-refractivity contribution is 5.20. The van der Waals surface area contributed by atoms with Gasteiger partial charge in [-0.1, -0.05) is 18.2 Å². The van der Waals surface area contributed by atoms with Gasteiger partial charge in [-0.15, -0.1) is 0 Å².